The summed E-state index contributed by atoms with van der Waals surface area (Å²) in [7, 11) is 0. The lowest BCUT2D eigenvalue weighted by Gasteiger charge is -2.39. The van der Waals surface area contributed by atoms with E-state index >= 15 is 0 Å². The number of nitrogens with one attached hydrogen (secondary N) is 1. The van der Waals surface area contributed by atoms with Crippen LogP contribution in [0.1, 0.15) is 25.1 Å². The lowest BCUT2D eigenvalue weighted by Crippen LogP contribution is -2.49. The van der Waals surface area contributed by atoms with Gasteiger partial charge >= 0.3 is 5.69 Å². The van der Waals surface area contributed by atoms with E-state index in [1.165, 1.54) is 6.07 Å². The van der Waals surface area contributed by atoms with Gasteiger partial charge in [0.2, 0.25) is 0 Å². The summed E-state index contributed by atoms with van der Waals surface area (Å²) >= 11 is 0. The number of fused-ring (bicyclic) bond motifs is 1. The van der Waals surface area contributed by atoms with E-state index in [4.69, 9.17) is 4.74 Å². The Hall–Kier alpha value is -2.19. The van der Waals surface area contributed by atoms with Crippen molar-refractivity contribution in [2.75, 3.05) is 31.1 Å². The molecule has 4 heterocycles. The van der Waals surface area contributed by atoms with Crippen molar-refractivity contribution < 1.29 is 9.13 Å². The number of rotatable bonds is 2. The van der Waals surface area contributed by atoms with Crippen molar-refractivity contribution in [2.24, 2.45) is 0 Å². The summed E-state index contributed by atoms with van der Waals surface area (Å²) in [5.74, 6) is 0.506. The first-order chi connectivity index (χ1) is 13.1. The number of aromatic nitrogens is 3. The van der Waals surface area contributed by atoms with E-state index in [2.05, 4.69) is 20.0 Å². The van der Waals surface area contributed by atoms with Crippen LogP contribution in [0.15, 0.2) is 29.1 Å². The van der Waals surface area contributed by atoms with Crippen molar-refractivity contribution in [3.05, 3.63) is 46.4 Å². The standard InChI is InChI=1S/C19H24FN5O2/c20-14-2-1-3-16(10-14)23-7-4-15(5-8-23)24-9-6-19(12-24)13-25-17(11-27-19)21-22-18(25)26/h1-3,10,15H,4-9,11-13H2,(H,22,26). The lowest BCUT2D eigenvalue weighted by atomic mass is 10.0. The minimum Gasteiger partial charge on any atom is -0.371 e. The number of H-pyrrole nitrogens is 1. The number of hydrogen-bond acceptors (Lipinski definition) is 5. The molecule has 0 aliphatic carbocycles. The smallest absolute Gasteiger partial charge is 0.343 e. The molecule has 8 heteroatoms. The van der Waals surface area contributed by atoms with E-state index in [0.717, 1.165) is 51.1 Å². The molecule has 5 rings (SSSR count). The molecule has 2 fully saturated rings. The predicted molar refractivity (Wildman–Crippen MR) is 98.2 cm³/mol. The first-order valence-electron chi connectivity index (χ1n) is 9.65. The van der Waals surface area contributed by atoms with Crippen LogP contribution in [0, 0.1) is 5.82 Å². The summed E-state index contributed by atoms with van der Waals surface area (Å²) in [4.78, 5) is 16.7. The molecule has 1 N–H and O–H groups in total. The molecule has 3 aliphatic rings. The number of ether oxygens (including phenoxy) is 1. The average molecular weight is 373 g/mol. The van der Waals surface area contributed by atoms with Crippen LogP contribution in [0.4, 0.5) is 10.1 Å². The van der Waals surface area contributed by atoms with Gasteiger partial charge in [0.25, 0.3) is 0 Å². The SMILES string of the molecule is O=c1[nH]nc2n1CC1(CCN(C3CCN(c4cccc(F)c4)CC3)C1)OC2. The number of hydrogen-bond donors (Lipinski definition) is 1. The fraction of sp³-hybridized carbons (Fsp3) is 0.579. The second-order valence-corrected chi connectivity index (χ2v) is 7.92. The van der Waals surface area contributed by atoms with Gasteiger partial charge in [-0.15, -0.1) is 0 Å². The minimum absolute atomic E-state index is 0.144. The number of aromatic amines is 1. The van der Waals surface area contributed by atoms with Crippen LogP contribution in [-0.4, -0.2) is 57.5 Å². The van der Waals surface area contributed by atoms with Crippen LogP contribution in [0.5, 0.6) is 0 Å². The maximum Gasteiger partial charge on any atom is 0.343 e. The van der Waals surface area contributed by atoms with Gasteiger partial charge in [0.1, 0.15) is 18.0 Å². The summed E-state index contributed by atoms with van der Waals surface area (Å²) in [5.41, 5.74) is 0.545. The molecule has 1 aromatic heterocycles. The summed E-state index contributed by atoms with van der Waals surface area (Å²) in [6.45, 7) is 4.69. The van der Waals surface area contributed by atoms with Gasteiger partial charge in [0.15, 0.2) is 5.82 Å². The van der Waals surface area contributed by atoms with E-state index in [0.29, 0.717) is 25.0 Å². The summed E-state index contributed by atoms with van der Waals surface area (Å²) in [6.07, 6.45) is 3.06. The topological polar surface area (TPSA) is 66.4 Å². The van der Waals surface area contributed by atoms with Crippen molar-refractivity contribution in [1.29, 1.82) is 0 Å². The highest BCUT2D eigenvalue weighted by Crippen LogP contribution is 2.34. The molecule has 0 radical (unpaired) electrons. The molecule has 0 bridgehead atoms. The Balaban J connectivity index is 1.22. The predicted octanol–water partition coefficient (Wildman–Crippen LogP) is 1.35. The molecule has 3 aliphatic heterocycles. The highest BCUT2D eigenvalue weighted by molar-refractivity contribution is 5.46. The summed E-state index contributed by atoms with van der Waals surface area (Å²) in [6, 6.07) is 7.36. The maximum atomic E-state index is 13.5. The molecule has 2 aromatic rings. The van der Waals surface area contributed by atoms with Gasteiger partial charge in [0.05, 0.1) is 6.54 Å². The van der Waals surface area contributed by atoms with Gasteiger partial charge in [-0.3, -0.25) is 9.47 Å². The zero-order valence-electron chi connectivity index (χ0n) is 15.2. The molecular formula is C19H24FN5O2. The van der Waals surface area contributed by atoms with Gasteiger partial charge in [-0.25, -0.2) is 14.3 Å². The van der Waals surface area contributed by atoms with Gasteiger partial charge < -0.3 is 9.64 Å². The largest absolute Gasteiger partial charge is 0.371 e. The Morgan fingerprint density at radius 2 is 2.07 bits per heavy atom. The molecule has 1 unspecified atom stereocenters. The van der Waals surface area contributed by atoms with E-state index in [9.17, 15) is 9.18 Å². The Morgan fingerprint density at radius 1 is 1.22 bits per heavy atom. The van der Waals surface area contributed by atoms with E-state index in [1.807, 2.05) is 6.07 Å². The molecule has 0 saturated carbocycles. The van der Waals surface area contributed by atoms with Gasteiger partial charge in [-0.05, 0) is 37.5 Å². The fourth-order valence-corrected chi connectivity index (χ4v) is 4.77. The zero-order valence-corrected chi connectivity index (χ0v) is 15.2. The van der Waals surface area contributed by atoms with Crippen LogP contribution < -0.4 is 10.6 Å². The summed E-state index contributed by atoms with van der Waals surface area (Å²) in [5, 5.41) is 6.53. The second kappa shape index (κ2) is 6.45. The number of nitrogens with zero attached hydrogens (tertiary/aromatic N) is 4. The molecule has 27 heavy (non-hydrogen) atoms. The first kappa shape index (κ1) is 16.9. The molecule has 1 aromatic carbocycles. The van der Waals surface area contributed by atoms with Crippen LogP contribution in [0.25, 0.3) is 0 Å². The fourth-order valence-electron chi connectivity index (χ4n) is 4.77. The zero-order chi connectivity index (χ0) is 18.4. The van der Waals surface area contributed by atoms with E-state index < -0.39 is 0 Å². The van der Waals surface area contributed by atoms with Crippen molar-refractivity contribution >= 4 is 5.69 Å². The Bertz CT molecular complexity index is 888. The maximum absolute atomic E-state index is 13.5. The van der Waals surface area contributed by atoms with Crippen LogP contribution in [0.3, 0.4) is 0 Å². The highest BCUT2D eigenvalue weighted by Gasteiger charge is 2.45. The van der Waals surface area contributed by atoms with Crippen LogP contribution >= 0.6 is 0 Å². The van der Waals surface area contributed by atoms with Crippen molar-refractivity contribution in [1.82, 2.24) is 19.7 Å². The molecule has 144 valence electrons. The molecule has 1 atom stereocenters. The number of benzene rings is 1. The Morgan fingerprint density at radius 3 is 2.89 bits per heavy atom. The molecule has 2 saturated heterocycles. The third-order valence-electron chi connectivity index (χ3n) is 6.29. The molecule has 1 spiro atoms. The first-order valence-corrected chi connectivity index (χ1v) is 9.65. The van der Waals surface area contributed by atoms with Crippen LogP contribution in [-0.2, 0) is 17.9 Å². The van der Waals surface area contributed by atoms with Gasteiger partial charge in [-0.1, -0.05) is 6.07 Å². The molecule has 0 amide bonds. The van der Waals surface area contributed by atoms with Crippen molar-refractivity contribution in [2.45, 2.75) is 44.1 Å². The number of likely N-dealkylation sites (tertiary alicyclic amines) is 1. The van der Waals surface area contributed by atoms with Gasteiger partial charge in [-0.2, -0.15) is 5.10 Å². The highest BCUT2D eigenvalue weighted by atomic mass is 19.1. The number of piperidine rings is 1. The normalized spacial score (nSPS) is 26.6. The van der Waals surface area contributed by atoms with Gasteiger partial charge in [0, 0.05) is 37.9 Å². The average Bonchev–Trinajstić information content (AvgIpc) is 3.26. The van der Waals surface area contributed by atoms with Crippen molar-refractivity contribution in [3.8, 4) is 0 Å². The van der Waals surface area contributed by atoms with E-state index in [-0.39, 0.29) is 17.1 Å². The third kappa shape index (κ3) is 3.06. The van der Waals surface area contributed by atoms with Crippen molar-refractivity contribution in [3.63, 3.8) is 0 Å². The third-order valence-corrected chi connectivity index (χ3v) is 6.29. The Labute approximate surface area is 156 Å². The minimum atomic E-state index is -0.277. The Kier molecular flexibility index (Phi) is 4.05. The quantitative estimate of drug-likeness (QED) is 0.861. The number of anilines is 1. The molecule has 7 nitrogen and oxygen atoms in total. The second-order valence-electron chi connectivity index (χ2n) is 7.92. The lowest BCUT2D eigenvalue weighted by molar-refractivity contribution is -0.0850. The monoisotopic (exact) mass is 373 g/mol. The van der Waals surface area contributed by atoms with Crippen LogP contribution in [0.2, 0.25) is 0 Å². The summed E-state index contributed by atoms with van der Waals surface area (Å²) < 4.78 is 21.4. The number of halogens is 1. The van der Waals surface area contributed by atoms with E-state index in [1.54, 1.807) is 16.7 Å². The molecular weight excluding hydrogens is 349 g/mol.